The summed E-state index contributed by atoms with van der Waals surface area (Å²) in [5.41, 5.74) is 0. The minimum Gasteiger partial charge on any atom is -0.393 e. The Balaban J connectivity index is 0. The fraction of sp³-hybridized carbons (Fsp3) is 0.857. The molecule has 0 spiro atoms. The van der Waals surface area contributed by atoms with Crippen LogP contribution in [0.5, 0.6) is 0 Å². The lowest BCUT2D eigenvalue weighted by molar-refractivity contribution is -0.115. The number of aliphatic hydroxyl groups excluding tert-OH is 1. The zero-order chi connectivity index (χ0) is 8.57. The summed E-state index contributed by atoms with van der Waals surface area (Å²) >= 11 is 0. The van der Waals surface area contributed by atoms with Crippen molar-refractivity contribution in [3.05, 3.63) is 0 Å². The van der Waals surface area contributed by atoms with Crippen molar-refractivity contribution in [3.63, 3.8) is 0 Å². The average Bonchev–Trinajstić information content (AvgIpc) is 1.89. The number of nitrogens with zero attached hydrogens (tertiary/aromatic N) is 1. The zero-order valence-corrected chi connectivity index (χ0v) is 7.16. The molecule has 0 aliphatic carbocycles. The molecule has 0 aliphatic rings. The van der Waals surface area contributed by atoms with E-state index < -0.39 is 0 Å². The second kappa shape index (κ2) is 8.43. The first-order valence-corrected chi connectivity index (χ1v) is 3.34. The summed E-state index contributed by atoms with van der Waals surface area (Å²) in [5, 5.41) is 8.36. The Hall–Kier alpha value is -0.570. The van der Waals surface area contributed by atoms with Crippen molar-refractivity contribution in [3.8, 4) is 0 Å². The molecule has 0 aromatic carbocycles. The van der Waals surface area contributed by atoms with Crippen molar-refractivity contribution < 1.29 is 9.90 Å². The quantitative estimate of drug-likeness (QED) is 0.577. The highest BCUT2D eigenvalue weighted by Crippen LogP contribution is 1.81. The van der Waals surface area contributed by atoms with Crippen LogP contribution in [0.15, 0.2) is 0 Å². The van der Waals surface area contributed by atoms with E-state index in [4.69, 9.17) is 5.11 Å². The summed E-state index contributed by atoms with van der Waals surface area (Å²) in [7, 11) is 3.38. The number of amides is 1. The molecule has 0 rings (SSSR count). The van der Waals surface area contributed by atoms with Crippen LogP contribution in [-0.2, 0) is 4.79 Å². The van der Waals surface area contributed by atoms with E-state index >= 15 is 0 Å². The number of aliphatic hydroxyl groups is 1. The minimum absolute atomic E-state index is 0.116. The Labute approximate surface area is 62.7 Å². The van der Waals surface area contributed by atoms with Gasteiger partial charge in [0.15, 0.2) is 0 Å². The first-order valence-electron chi connectivity index (χ1n) is 3.34. The maximum Gasteiger partial charge on any atom is 0.209 e. The maximum atomic E-state index is 9.43. The van der Waals surface area contributed by atoms with Crippen molar-refractivity contribution >= 4 is 6.41 Å². The lowest BCUT2D eigenvalue weighted by Crippen LogP contribution is -2.06. The zero-order valence-electron chi connectivity index (χ0n) is 7.16. The van der Waals surface area contributed by atoms with E-state index in [-0.39, 0.29) is 6.10 Å². The number of carbonyl (C=O) groups is 1. The molecule has 3 nitrogen and oxygen atoms in total. The van der Waals surface area contributed by atoms with Crippen LogP contribution in [0, 0.1) is 0 Å². The molecule has 1 N–H and O–H groups in total. The van der Waals surface area contributed by atoms with Crippen LogP contribution in [0.1, 0.15) is 20.3 Å². The Morgan fingerprint density at radius 3 is 1.80 bits per heavy atom. The van der Waals surface area contributed by atoms with Crippen molar-refractivity contribution in [1.82, 2.24) is 4.90 Å². The van der Waals surface area contributed by atoms with Crippen molar-refractivity contribution in [2.45, 2.75) is 26.4 Å². The third-order valence-corrected chi connectivity index (χ3v) is 0.802. The topological polar surface area (TPSA) is 40.5 Å². The molecular formula is C7H17NO2. The van der Waals surface area contributed by atoms with E-state index in [1.807, 2.05) is 6.92 Å². The first-order chi connectivity index (χ1) is 4.54. The van der Waals surface area contributed by atoms with Gasteiger partial charge in [0, 0.05) is 14.1 Å². The van der Waals surface area contributed by atoms with E-state index in [1.165, 1.54) is 4.90 Å². The summed E-state index contributed by atoms with van der Waals surface area (Å²) in [4.78, 5) is 10.9. The predicted octanol–water partition coefficient (Wildman–Crippen LogP) is 0.482. The van der Waals surface area contributed by atoms with Gasteiger partial charge < -0.3 is 10.0 Å². The van der Waals surface area contributed by atoms with E-state index in [9.17, 15) is 4.79 Å². The predicted molar refractivity (Wildman–Crippen MR) is 41.7 cm³/mol. The van der Waals surface area contributed by atoms with Gasteiger partial charge in [0.25, 0.3) is 0 Å². The van der Waals surface area contributed by atoms with Crippen LogP contribution >= 0.6 is 0 Å². The first kappa shape index (κ1) is 12.1. The van der Waals surface area contributed by atoms with Crippen LogP contribution in [0.25, 0.3) is 0 Å². The molecule has 0 radical (unpaired) electrons. The van der Waals surface area contributed by atoms with Gasteiger partial charge in [-0.3, -0.25) is 4.79 Å². The number of hydrogen-bond acceptors (Lipinski definition) is 2. The van der Waals surface area contributed by atoms with Crippen molar-refractivity contribution in [2.75, 3.05) is 14.1 Å². The molecular weight excluding hydrogens is 130 g/mol. The molecule has 0 fully saturated rings. The van der Waals surface area contributed by atoms with E-state index in [1.54, 1.807) is 21.0 Å². The molecule has 1 unspecified atom stereocenters. The minimum atomic E-state index is -0.116. The molecule has 62 valence electrons. The Morgan fingerprint density at radius 2 is 1.80 bits per heavy atom. The molecule has 0 heterocycles. The summed E-state index contributed by atoms with van der Waals surface area (Å²) in [6, 6.07) is 0. The molecule has 0 aliphatic heterocycles. The average molecular weight is 147 g/mol. The number of hydrogen-bond donors (Lipinski definition) is 1. The SMILES string of the molecule is CCC(C)O.CN(C)C=O. The lowest BCUT2D eigenvalue weighted by Gasteiger charge is -1.93. The van der Waals surface area contributed by atoms with Crippen LogP contribution in [0.3, 0.4) is 0 Å². The van der Waals surface area contributed by atoms with Gasteiger partial charge in [-0.15, -0.1) is 0 Å². The van der Waals surface area contributed by atoms with Gasteiger partial charge in [-0.2, -0.15) is 0 Å². The van der Waals surface area contributed by atoms with Crippen LogP contribution in [-0.4, -0.2) is 36.6 Å². The third kappa shape index (κ3) is 26.1. The van der Waals surface area contributed by atoms with Gasteiger partial charge in [0.1, 0.15) is 0 Å². The monoisotopic (exact) mass is 147 g/mol. The van der Waals surface area contributed by atoms with E-state index in [0.717, 1.165) is 12.8 Å². The van der Waals surface area contributed by atoms with Crippen LogP contribution in [0.2, 0.25) is 0 Å². The maximum absolute atomic E-state index is 9.43. The van der Waals surface area contributed by atoms with Gasteiger partial charge in [-0.05, 0) is 13.3 Å². The van der Waals surface area contributed by atoms with Crippen molar-refractivity contribution in [2.24, 2.45) is 0 Å². The Kier molecular flexibility index (Phi) is 10.2. The standard InChI is InChI=1S/C4H10O.C3H7NO/c1-3-4(2)5;1-4(2)3-5/h4-5H,3H2,1-2H3;3H,1-2H3. The fourth-order valence-electron chi connectivity index (χ4n) is 0. The second-order valence-corrected chi connectivity index (χ2v) is 2.33. The molecule has 0 saturated carbocycles. The molecule has 1 atom stereocenters. The lowest BCUT2D eigenvalue weighted by atomic mass is 10.3. The van der Waals surface area contributed by atoms with Crippen molar-refractivity contribution in [1.29, 1.82) is 0 Å². The highest BCUT2D eigenvalue weighted by molar-refractivity contribution is 5.45. The molecule has 0 aromatic heterocycles. The van der Waals surface area contributed by atoms with Gasteiger partial charge in [0.05, 0.1) is 6.10 Å². The summed E-state index contributed by atoms with van der Waals surface area (Å²) in [6.07, 6.45) is 1.50. The number of rotatable bonds is 2. The number of carbonyl (C=O) groups excluding carboxylic acids is 1. The summed E-state index contributed by atoms with van der Waals surface area (Å²) < 4.78 is 0. The van der Waals surface area contributed by atoms with E-state index in [2.05, 4.69) is 0 Å². The fourth-order valence-corrected chi connectivity index (χ4v) is 0. The molecule has 3 heteroatoms. The largest absolute Gasteiger partial charge is 0.393 e. The van der Waals surface area contributed by atoms with Gasteiger partial charge in [0.2, 0.25) is 6.41 Å². The van der Waals surface area contributed by atoms with Crippen LogP contribution < -0.4 is 0 Å². The third-order valence-electron chi connectivity index (χ3n) is 0.802. The second-order valence-electron chi connectivity index (χ2n) is 2.33. The smallest absolute Gasteiger partial charge is 0.209 e. The molecule has 10 heavy (non-hydrogen) atoms. The molecule has 0 bridgehead atoms. The molecule has 1 amide bonds. The van der Waals surface area contributed by atoms with E-state index in [0.29, 0.717) is 0 Å². The highest BCUT2D eigenvalue weighted by Gasteiger charge is 1.81. The Morgan fingerprint density at radius 1 is 1.60 bits per heavy atom. The molecule has 0 aromatic rings. The van der Waals surface area contributed by atoms with Gasteiger partial charge >= 0.3 is 0 Å². The summed E-state index contributed by atoms with van der Waals surface area (Å²) in [6.45, 7) is 3.73. The van der Waals surface area contributed by atoms with Crippen LogP contribution in [0.4, 0.5) is 0 Å². The highest BCUT2D eigenvalue weighted by atomic mass is 16.3. The van der Waals surface area contributed by atoms with Gasteiger partial charge in [-0.25, -0.2) is 0 Å². The summed E-state index contributed by atoms with van der Waals surface area (Å²) in [5.74, 6) is 0. The van der Waals surface area contributed by atoms with Gasteiger partial charge in [-0.1, -0.05) is 6.92 Å². The Bertz CT molecular complexity index is 72.0. The normalized spacial score (nSPS) is 10.9. The molecule has 0 saturated heterocycles.